The van der Waals surface area contributed by atoms with E-state index in [0.29, 0.717) is 0 Å². The molecule has 0 radical (unpaired) electrons. The smallest absolute Gasteiger partial charge is 0.408 e. The number of hydrogen-bond acceptors (Lipinski definition) is 3. The van der Waals surface area contributed by atoms with E-state index in [-0.39, 0.29) is 5.92 Å². The van der Waals surface area contributed by atoms with Gasteiger partial charge in [0, 0.05) is 0 Å². The second kappa shape index (κ2) is 12.3. The molecule has 1 atom stereocenters. The van der Waals surface area contributed by atoms with Crippen LogP contribution in [0.2, 0.25) is 0 Å². The van der Waals surface area contributed by atoms with Crippen molar-refractivity contribution in [1.82, 2.24) is 5.32 Å². The number of ether oxygens (including phenoxy) is 1. The van der Waals surface area contributed by atoms with Crippen LogP contribution in [0.5, 0.6) is 0 Å². The molecule has 22 heavy (non-hydrogen) atoms. The van der Waals surface area contributed by atoms with Crippen molar-refractivity contribution in [1.29, 1.82) is 0 Å². The van der Waals surface area contributed by atoms with Gasteiger partial charge in [-0.05, 0) is 39.5 Å². The Bertz CT molecular complexity index is 304. The molecule has 2 N–H and O–H groups in total. The van der Waals surface area contributed by atoms with Crippen molar-refractivity contribution in [2.24, 2.45) is 5.92 Å². The highest BCUT2D eigenvalue weighted by atomic mass is 16.6. The largest absolute Gasteiger partial charge is 0.480 e. The molecule has 0 aromatic carbocycles. The number of rotatable bonds is 3. The second-order valence-corrected chi connectivity index (χ2v) is 5.86. The molecule has 0 bridgehead atoms. The van der Waals surface area contributed by atoms with Crippen molar-refractivity contribution in [2.75, 3.05) is 0 Å². The SMILES string of the molecule is CC.CC.CC(C)(C)OC(=O)NC(C(=O)O)C1CCCCC1. The minimum Gasteiger partial charge on any atom is -0.480 e. The maximum Gasteiger partial charge on any atom is 0.408 e. The molecular formula is C17H35NO4. The number of nitrogens with one attached hydrogen (secondary N) is 1. The van der Waals surface area contributed by atoms with Crippen LogP contribution < -0.4 is 5.32 Å². The first-order valence-electron chi connectivity index (χ1n) is 8.52. The van der Waals surface area contributed by atoms with E-state index in [4.69, 9.17) is 4.74 Å². The van der Waals surface area contributed by atoms with E-state index in [1.54, 1.807) is 20.8 Å². The van der Waals surface area contributed by atoms with Crippen molar-refractivity contribution in [2.45, 2.75) is 92.2 Å². The van der Waals surface area contributed by atoms with Gasteiger partial charge in [0.2, 0.25) is 0 Å². The maximum absolute atomic E-state index is 11.6. The highest BCUT2D eigenvalue weighted by molar-refractivity contribution is 5.80. The number of hydrogen-bond donors (Lipinski definition) is 2. The molecule has 1 amide bonds. The van der Waals surface area contributed by atoms with E-state index >= 15 is 0 Å². The summed E-state index contributed by atoms with van der Waals surface area (Å²) in [7, 11) is 0. The molecule has 1 saturated carbocycles. The monoisotopic (exact) mass is 317 g/mol. The molecule has 0 saturated heterocycles. The van der Waals surface area contributed by atoms with Crippen LogP contribution >= 0.6 is 0 Å². The third-order valence-corrected chi connectivity index (χ3v) is 3.06. The van der Waals surface area contributed by atoms with Gasteiger partial charge in [0.15, 0.2) is 0 Å². The Morgan fingerprint density at radius 1 is 1.05 bits per heavy atom. The van der Waals surface area contributed by atoms with Crippen LogP contribution in [0.15, 0.2) is 0 Å². The summed E-state index contributed by atoms with van der Waals surface area (Å²) < 4.78 is 5.10. The molecule has 1 aliphatic carbocycles. The van der Waals surface area contributed by atoms with Gasteiger partial charge in [-0.15, -0.1) is 0 Å². The standard InChI is InChI=1S/C13H23NO4.2C2H6/c1-13(2,3)18-12(17)14-10(11(15)16)9-7-5-4-6-8-9;2*1-2/h9-10H,4-8H2,1-3H3,(H,14,17)(H,15,16);2*1-2H3. The fraction of sp³-hybridized carbons (Fsp3) is 0.882. The molecule has 1 rings (SSSR count). The summed E-state index contributed by atoms with van der Waals surface area (Å²) in [6, 6.07) is -0.833. The molecule has 0 aromatic rings. The van der Waals surface area contributed by atoms with Gasteiger partial charge in [-0.25, -0.2) is 9.59 Å². The summed E-state index contributed by atoms with van der Waals surface area (Å²) >= 11 is 0. The summed E-state index contributed by atoms with van der Waals surface area (Å²) in [6.45, 7) is 13.3. The number of carbonyl (C=O) groups excluding carboxylic acids is 1. The van der Waals surface area contributed by atoms with E-state index in [0.717, 1.165) is 32.1 Å². The van der Waals surface area contributed by atoms with Gasteiger partial charge in [-0.2, -0.15) is 0 Å². The van der Waals surface area contributed by atoms with Crippen LogP contribution in [0.25, 0.3) is 0 Å². The van der Waals surface area contributed by atoms with E-state index in [1.165, 1.54) is 0 Å². The Balaban J connectivity index is 0. The van der Waals surface area contributed by atoms with Crippen molar-refractivity contribution >= 4 is 12.1 Å². The minimum atomic E-state index is -0.979. The van der Waals surface area contributed by atoms with Gasteiger partial charge in [0.25, 0.3) is 0 Å². The number of carboxylic acids is 1. The normalized spacial score (nSPS) is 16.1. The minimum absolute atomic E-state index is 0.0174. The van der Waals surface area contributed by atoms with Crippen molar-refractivity contribution in [3.63, 3.8) is 0 Å². The second-order valence-electron chi connectivity index (χ2n) is 5.86. The first-order chi connectivity index (χ1) is 10.3. The number of alkyl carbamates (subject to hydrolysis) is 1. The molecule has 5 nitrogen and oxygen atoms in total. The fourth-order valence-corrected chi connectivity index (χ4v) is 2.28. The third-order valence-electron chi connectivity index (χ3n) is 3.06. The topological polar surface area (TPSA) is 75.6 Å². The number of carbonyl (C=O) groups is 2. The van der Waals surface area contributed by atoms with Crippen molar-refractivity contribution < 1.29 is 19.4 Å². The van der Waals surface area contributed by atoms with Gasteiger partial charge in [0.05, 0.1) is 0 Å². The van der Waals surface area contributed by atoms with E-state index in [9.17, 15) is 14.7 Å². The summed E-state index contributed by atoms with van der Waals surface area (Å²) in [5, 5.41) is 11.7. The van der Waals surface area contributed by atoms with E-state index < -0.39 is 23.7 Å². The van der Waals surface area contributed by atoms with Gasteiger partial charge >= 0.3 is 12.1 Å². The molecule has 0 aliphatic heterocycles. The van der Waals surface area contributed by atoms with Crippen molar-refractivity contribution in [3.05, 3.63) is 0 Å². The molecule has 0 aromatic heterocycles. The van der Waals surface area contributed by atoms with Gasteiger partial charge in [-0.1, -0.05) is 47.0 Å². The summed E-state index contributed by atoms with van der Waals surface area (Å²) in [4.78, 5) is 22.8. The van der Waals surface area contributed by atoms with Gasteiger partial charge < -0.3 is 15.2 Å². The summed E-state index contributed by atoms with van der Waals surface area (Å²) in [6.07, 6.45) is 4.27. The molecule has 1 fully saturated rings. The van der Waals surface area contributed by atoms with Crippen LogP contribution in [0, 0.1) is 5.92 Å². The number of aliphatic carboxylic acids is 1. The molecule has 1 aliphatic rings. The lowest BCUT2D eigenvalue weighted by molar-refractivity contribution is -0.141. The Morgan fingerprint density at radius 3 is 1.86 bits per heavy atom. The molecule has 1 unspecified atom stereocenters. The third kappa shape index (κ3) is 10.5. The average Bonchev–Trinajstić information content (AvgIpc) is 2.48. The van der Waals surface area contributed by atoms with Crippen LogP contribution in [-0.2, 0) is 9.53 Å². The van der Waals surface area contributed by atoms with Crippen molar-refractivity contribution in [3.8, 4) is 0 Å². The number of carboxylic acid groups (broad SMARTS) is 1. The average molecular weight is 317 g/mol. The molecule has 132 valence electrons. The molecule has 0 heterocycles. The quantitative estimate of drug-likeness (QED) is 0.797. The van der Waals surface area contributed by atoms with E-state index in [1.807, 2.05) is 27.7 Å². The lowest BCUT2D eigenvalue weighted by atomic mass is 9.84. The lowest BCUT2D eigenvalue weighted by Gasteiger charge is -2.29. The molecular weight excluding hydrogens is 282 g/mol. The van der Waals surface area contributed by atoms with Crippen LogP contribution in [0.4, 0.5) is 4.79 Å². The summed E-state index contributed by atoms with van der Waals surface area (Å²) in [5.74, 6) is -0.962. The Labute approximate surface area is 135 Å². The van der Waals surface area contributed by atoms with Crippen LogP contribution in [-0.4, -0.2) is 28.8 Å². The Morgan fingerprint density at radius 2 is 1.50 bits per heavy atom. The number of amides is 1. The predicted molar refractivity (Wildman–Crippen MR) is 90.1 cm³/mol. The summed E-state index contributed by atoms with van der Waals surface area (Å²) in [5.41, 5.74) is -0.611. The molecule has 5 heteroatoms. The fourth-order valence-electron chi connectivity index (χ4n) is 2.28. The van der Waals surface area contributed by atoms with E-state index in [2.05, 4.69) is 5.32 Å². The molecule has 0 spiro atoms. The lowest BCUT2D eigenvalue weighted by Crippen LogP contribution is -2.48. The highest BCUT2D eigenvalue weighted by Gasteiger charge is 2.32. The Kier molecular flexibility index (Phi) is 12.9. The Hall–Kier alpha value is -1.26. The zero-order valence-electron chi connectivity index (χ0n) is 15.4. The highest BCUT2D eigenvalue weighted by Crippen LogP contribution is 2.26. The zero-order valence-corrected chi connectivity index (χ0v) is 15.4. The van der Waals surface area contributed by atoms with Crippen LogP contribution in [0.1, 0.15) is 80.6 Å². The van der Waals surface area contributed by atoms with Gasteiger partial charge in [0.1, 0.15) is 11.6 Å². The first kappa shape index (κ1) is 23.0. The maximum atomic E-state index is 11.6. The zero-order chi connectivity index (χ0) is 17.8. The predicted octanol–water partition coefficient (Wildman–Crippen LogP) is 4.60. The van der Waals surface area contributed by atoms with Crippen LogP contribution in [0.3, 0.4) is 0 Å². The first-order valence-corrected chi connectivity index (χ1v) is 8.52. The van der Waals surface area contributed by atoms with Gasteiger partial charge in [-0.3, -0.25) is 0 Å².